The van der Waals surface area contributed by atoms with Crippen LogP contribution in [0.1, 0.15) is 25.6 Å². The molecule has 0 atom stereocenters. The van der Waals surface area contributed by atoms with Crippen molar-refractivity contribution in [1.29, 1.82) is 0 Å². The van der Waals surface area contributed by atoms with Crippen LogP contribution in [0, 0.1) is 6.92 Å². The SMILES string of the molecule is CCCCNc1ccnc2c1nc(C)n2C. The first-order valence-corrected chi connectivity index (χ1v) is 5.76. The maximum atomic E-state index is 4.53. The number of fused-ring (bicyclic) bond motifs is 1. The number of unbranched alkanes of at least 4 members (excludes halogenated alkanes) is 1. The molecule has 0 amide bonds. The average Bonchev–Trinajstić information content (AvgIpc) is 2.57. The molecule has 86 valence electrons. The normalized spacial score (nSPS) is 10.9. The summed E-state index contributed by atoms with van der Waals surface area (Å²) in [5.41, 5.74) is 3.00. The van der Waals surface area contributed by atoms with Crippen LogP contribution >= 0.6 is 0 Å². The van der Waals surface area contributed by atoms with Crippen LogP contribution in [0.15, 0.2) is 12.3 Å². The van der Waals surface area contributed by atoms with Gasteiger partial charge in [0.1, 0.15) is 11.3 Å². The van der Waals surface area contributed by atoms with E-state index < -0.39 is 0 Å². The van der Waals surface area contributed by atoms with E-state index in [1.165, 1.54) is 12.8 Å². The highest BCUT2D eigenvalue weighted by atomic mass is 15.1. The summed E-state index contributed by atoms with van der Waals surface area (Å²) in [6.07, 6.45) is 4.20. The van der Waals surface area contributed by atoms with Crippen LogP contribution in [-0.4, -0.2) is 21.1 Å². The zero-order valence-corrected chi connectivity index (χ0v) is 10.1. The van der Waals surface area contributed by atoms with Gasteiger partial charge in [-0.15, -0.1) is 0 Å². The van der Waals surface area contributed by atoms with Gasteiger partial charge >= 0.3 is 0 Å². The van der Waals surface area contributed by atoms with Crippen molar-refractivity contribution in [3.63, 3.8) is 0 Å². The number of imidazole rings is 1. The minimum Gasteiger partial charge on any atom is -0.383 e. The Hall–Kier alpha value is -1.58. The molecule has 0 spiro atoms. The molecule has 0 fully saturated rings. The quantitative estimate of drug-likeness (QED) is 0.802. The van der Waals surface area contributed by atoms with E-state index in [1.807, 2.05) is 30.8 Å². The second-order valence-electron chi connectivity index (χ2n) is 4.03. The van der Waals surface area contributed by atoms with Gasteiger partial charge in [0.2, 0.25) is 0 Å². The summed E-state index contributed by atoms with van der Waals surface area (Å²) < 4.78 is 2.01. The zero-order valence-electron chi connectivity index (χ0n) is 10.1. The minimum absolute atomic E-state index is 0.944. The number of nitrogens with zero attached hydrogens (tertiary/aromatic N) is 3. The average molecular weight is 218 g/mol. The summed E-state index contributed by atoms with van der Waals surface area (Å²) in [6, 6.07) is 1.99. The first kappa shape index (κ1) is 10.9. The highest BCUT2D eigenvalue weighted by molar-refractivity contribution is 5.85. The third-order valence-corrected chi connectivity index (χ3v) is 2.83. The number of nitrogens with one attached hydrogen (secondary N) is 1. The molecule has 2 rings (SSSR count). The Labute approximate surface area is 95.7 Å². The Morgan fingerprint density at radius 3 is 3.00 bits per heavy atom. The summed E-state index contributed by atoms with van der Waals surface area (Å²) in [5.74, 6) is 0.993. The van der Waals surface area contributed by atoms with Crippen molar-refractivity contribution in [3.05, 3.63) is 18.1 Å². The van der Waals surface area contributed by atoms with E-state index in [0.29, 0.717) is 0 Å². The van der Waals surface area contributed by atoms with E-state index in [-0.39, 0.29) is 0 Å². The van der Waals surface area contributed by atoms with Crippen molar-refractivity contribution in [2.75, 3.05) is 11.9 Å². The summed E-state index contributed by atoms with van der Waals surface area (Å²) in [4.78, 5) is 8.88. The van der Waals surface area contributed by atoms with Crippen LogP contribution in [-0.2, 0) is 7.05 Å². The van der Waals surface area contributed by atoms with Crippen LogP contribution in [0.2, 0.25) is 0 Å². The monoisotopic (exact) mass is 218 g/mol. The van der Waals surface area contributed by atoms with Crippen LogP contribution < -0.4 is 5.32 Å². The molecule has 0 bridgehead atoms. The van der Waals surface area contributed by atoms with Crippen LogP contribution in [0.4, 0.5) is 5.69 Å². The summed E-state index contributed by atoms with van der Waals surface area (Å²) in [5, 5.41) is 3.41. The highest BCUT2D eigenvalue weighted by Crippen LogP contribution is 2.20. The lowest BCUT2D eigenvalue weighted by Crippen LogP contribution is -2.01. The molecule has 0 saturated carbocycles. The lowest BCUT2D eigenvalue weighted by Gasteiger charge is -2.05. The van der Waals surface area contributed by atoms with Gasteiger partial charge in [0.15, 0.2) is 5.65 Å². The predicted molar refractivity (Wildman–Crippen MR) is 66.6 cm³/mol. The number of hydrogen-bond acceptors (Lipinski definition) is 3. The van der Waals surface area contributed by atoms with Gasteiger partial charge in [-0.1, -0.05) is 13.3 Å². The molecule has 0 aliphatic rings. The fraction of sp³-hybridized carbons (Fsp3) is 0.500. The Morgan fingerprint density at radius 2 is 2.25 bits per heavy atom. The topological polar surface area (TPSA) is 42.7 Å². The smallest absolute Gasteiger partial charge is 0.161 e. The first-order chi connectivity index (χ1) is 7.74. The largest absolute Gasteiger partial charge is 0.383 e. The van der Waals surface area contributed by atoms with E-state index in [0.717, 1.165) is 29.2 Å². The maximum absolute atomic E-state index is 4.53. The van der Waals surface area contributed by atoms with Crippen LogP contribution in [0.5, 0.6) is 0 Å². The van der Waals surface area contributed by atoms with Crippen molar-refractivity contribution < 1.29 is 0 Å². The lowest BCUT2D eigenvalue weighted by molar-refractivity contribution is 0.834. The fourth-order valence-corrected chi connectivity index (χ4v) is 1.73. The summed E-state index contributed by atoms with van der Waals surface area (Å²) in [7, 11) is 1.99. The van der Waals surface area contributed by atoms with Crippen molar-refractivity contribution in [2.45, 2.75) is 26.7 Å². The molecular weight excluding hydrogens is 200 g/mol. The van der Waals surface area contributed by atoms with E-state index in [9.17, 15) is 0 Å². The molecular formula is C12H18N4. The molecule has 0 saturated heterocycles. The van der Waals surface area contributed by atoms with Gasteiger partial charge < -0.3 is 9.88 Å². The molecule has 0 radical (unpaired) electrons. The molecule has 2 heterocycles. The van der Waals surface area contributed by atoms with Crippen molar-refractivity contribution in [3.8, 4) is 0 Å². The van der Waals surface area contributed by atoms with Gasteiger partial charge in [-0.25, -0.2) is 9.97 Å². The van der Waals surface area contributed by atoms with E-state index in [1.54, 1.807) is 0 Å². The van der Waals surface area contributed by atoms with Crippen molar-refractivity contribution in [1.82, 2.24) is 14.5 Å². The Bertz CT molecular complexity index is 487. The standard InChI is InChI=1S/C12H18N4/c1-4-5-7-13-10-6-8-14-12-11(10)15-9(2)16(12)3/h6,8H,4-5,7H2,1-3H3,(H,13,14). The molecule has 16 heavy (non-hydrogen) atoms. The number of rotatable bonds is 4. The number of aryl methyl sites for hydroxylation is 2. The van der Waals surface area contributed by atoms with Gasteiger partial charge in [-0.05, 0) is 19.4 Å². The molecule has 0 aliphatic carbocycles. The number of hydrogen-bond donors (Lipinski definition) is 1. The number of aromatic nitrogens is 3. The molecule has 2 aromatic rings. The Balaban J connectivity index is 2.34. The first-order valence-electron chi connectivity index (χ1n) is 5.76. The second kappa shape index (κ2) is 4.51. The highest BCUT2D eigenvalue weighted by Gasteiger charge is 2.08. The molecule has 0 aliphatic heterocycles. The lowest BCUT2D eigenvalue weighted by atomic mass is 10.3. The zero-order chi connectivity index (χ0) is 11.5. The van der Waals surface area contributed by atoms with Crippen LogP contribution in [0.3, 0.4) is 0 Å². The van der Waals surface area contributed by atoms with Gasteiger partial charge in [-0.3, -0.25) is 0 Å². The molecule has 0 unspecified atom stereocenters. The van der Waals surface area contributed by atoms with Gasteiger partial charge in [0.05, 0.1) is 5.69 Å². The van der Waals surface area contributed by atoms with E-state index >= 15 is 0 Å². The van der Waals surface area contributed by atoms with Crippen molar-refractivity contribution in [2.24, 2.45) is 7.05 Å². The third-order valence-electron chi connectivity index (χ3n) is 2.83. The molecule has 4 heteroatoms. The summed E-state index contributed by atoms with van der Waals surface area (Å²) >= 11 is 0. The number of pyridine rings is 1. The number of anilines is 1. The van der Waals surface area contributed by atoms with Gasteiger partial charge in [0, 0.05) is 19.8 Å². The molecule has 1 N–H and O–H groups in total. The second-order valence-corrected chi connectivity index (χ2v) is 4.03. The fourth-order valence-electron chi connectivity index (χ4n) is 1.73. The molecule has 4 nitrogen and oxygen atoms in total. The Kier molecular flexibility index (Phi) is 3.08. The third kappa shape index (κ3) is 1.87. The minimum atomic E-state index is 0.944. The van der Waals surface area contributed by atoms with E-state index in [2.05, 4.69) is 22.2 Å². The molecule has 0 aromatic carbocycles. The van der Waals surface area contributed by atoms with Crippen LogP contribution in [0.25, 0.3) is 11.2 Å². The Morgan fingerprint density at radius 1 is 1.44 bits per heavy atom. The molecule has 2 aromatic heterocycles. The predicted octanol–water partition coefficient (Wildman–Crippen LogP) is 2.49. The van der Waals surface area contributed by atoms with Gasteiger partial charge in [-0.2, -0.15) is 0 Å². The van der Waals surface area contributed by atoms with E-state index in [4.69, 9.17) is 0 Å². The summed E-state index contributed by atoms with van der Waals surface area (Å²) in [6.45, 7) is 5.18. The maximum Gasteiger partial charge on any atom is 0.161 e. The van der Waals surface area contributed by atoms with Crippen molar-refractivity contribution >= 4 is 16.9 Å². The van der Waals surface area contributed by atoms with Gasteiger partial charge in [0.25, 0.3) is 0 Å².